The molecule has 28 heavy (non-hydrogen) atoms. The van der Waals surface area contributed by atoms with Gasteiger partial charge < -0.3 is 37.0 Å². The van der Waals surface area contributed by atoms with Crippen molar-refractivity contribution >= 4 is 23.9 Å². The van der Waals surface area contributed by atoms with Gasteiger partial charge in [-0.3, -0.25) is 9.59 Å². The molecule has 1 saturated carbocycles. The molecule has 1 aliphatic carbocycles. The van der Waals surface area contributed by atoms with Crippen LogP contribution in [0.25, 0.3) is 0 Å². The monoisotopic (exact) mass is 403 g/mol. The van der Waals surface area contributed by atoms with Crippen LogP contribution in [0.3, 0.4) is 0 Å². The van der Waals surface area contributed by atoms with E-state index in [1.54, 1.807) is 4.90 Å². The second kappa shape index (κ2) is 12.8. The molecule has 8 N–H and O–H groups in total. The number of aliphatic imine (C=N–C) groups is 1. The van der Waals surface area contributed by atoms with Crippen molar-refractivity contribution in [1.29, 1.82) is 0 Å². The number of nitrogens with one attached hydrogen (secondary N) is 1. The van der Waals surface area contributed by atoms with E-state index in [-0.39, 0.29) is 29.7 Å². The van der Waals surface area contributed by atoms with Crippen molar-refractivity contribution in [3.8, 4) is 0 Å². The number of rotatable bonds is 8. The summed E-state index contributed by atoms with van der Waals surface area (Å²) in [7, 11) is 0. The highest BCUT2D eigenvalue weighted by Gasteiger charge is 2.43. The Morgan fingerprint density at radius 1 is 1.14 bits per heavy atom. The van der Waals surface area contributed by atoms with Crippen LogP contribution in [0.15, 0.2) is 4.99 Å². The van der Waals surface area contributed by atoms with Crippen LogP contribution in [-0.2, 0) is 9.59 Å². The molecule has 1 rings (SSSR count). The summed E-state index contributed by atoms with van der Waals surface area (Å²) in [4.78, 5) is 39.1. The van der Waals surface area contributed by atoms with Crippen molar-refractivity contribution in [2.75, 3.05) is 13.1 Å². The molecule has 0 radical (unpaired) electrons. The zero-order valence-corrected chi connectivity index (χ0v) is 16.7. The standard InChI is InChI=1S/C16H31N5O3.CH2O3/c1-4-6-21(7-5-2)15(24)14(19-10(3)22)12-8-11(23)9-13(12)20-16(17)18;2-1(3)4/h11-14,23H,4-9H2,1-3H3,(H,19,22)(H4,17,18,20);(H2,2,3,4)/t11-,12-,13-,14?;/m1./s1. The topological polar surface area (TPSA) is 192 Å². The van der Waals surface area contributed by atoms with Gasteiger partial charge in [0.15, 0.2) is 5.96 Å². The summed E-state index contributed by atoms with van der Waals surface area (Å²) in [5.41, 5.74) is 11.0. The molecule has 0 spiro atoms. The number of hydrogen-bond donors (Lipinski definition) is 6. The number of carboxylic acid groups (broad SMARTS) is 2. The van der Waals surface area contributed by atoms with Gasteiger partial charge >= 0.3 is 6.16 Å². The number of guanidine groups is 1. The Bertz CT molecular complexity index is 542. The molecule has 0 saturated heterocycles. The Hall–Kier alpha value is -2.56. The first-order valence-electron chi connectivity index (χ1n) is 9.27. The quantitative estimate of drug-likeness (QED) is 0.236. The fourth-order valence-electron chi connectivity index (χ4n) is 3.36. The average Bonchev–Trinajstić information content (AvgIpc) is 2.90. The Morgan fingerprint density at radius 3 is 2.04 bits per heavy atom. The van der Waals surface area contributed by atoms with Gasteiger partial charge in [0.2, 0.25) is 11.8 Å². The van der Waals surface area contributed by atoms with Gasteiger partial charge in [0, 0.05) is 25.9 Å². The molecule has 1 unspecified atom stereocenters. The van der Waals surface area contributed by atoms with E-state index in [0.717, 1.165) is 12.8 Å². The maximum atomic E-state index is 13.0. The van der Waals surface area contributed by atoms with Gasteiger partial charge in [-0.2, -0.15) is 0 Å². The zero-order chi connectivity index (χ0) is 21.9. The SMILES string of the molecule is CCCN(CCC)C(=O)C(NC(C)=O)[C@@H]1C[C@@H](O)C[C@H]1N=C(N)N.O=C(O)O. The van der Waals surface area contributed by atoms with Gasteiger partial charge in [0.25, 0.3) is 0 Å². The summed E-state index contributed by atoms with van der Waals surface area (Å²) in [5, 5.41) is 26.7. The lowest BCUT2D eigenvalue weighted by Gasteiger charge is -2.32. The lowest BCUT2D eigenvalue weighted by molar-refractivity contribution is -0.138. The maximum Gasteiger partial charge on any atom is 0.503 e. The van der Waals surface area contributed by atoms with Crippen LogP contribution in [0.1, 0.15) is 46.5 Å². The molecule has 0 heterocycles. The molecular formula is C17H33N5O6. The minimum atomic E-state index is -1.83. The fraction of sp³-hybridized carbons (Fsp3) is 0.765. The molecule has 0 aliphatic heterocycles. The second-order valence-corrected chi connectivity index (χ2v) is 6.70. The summed E-state index contributed by atoms with van der Waals surface area (Å²) in [6, 6.07) is -1.11. The van der Waals surface area contributed by atoms with Crippen LogP contribution in [0, 0.1) is 5.92 Å². The molecule has 11 nitrogen and oxygen atoms in total. The van der Waals surface area contributed by atoms with Crippen molar-refractivity contribution in [3.05, 3.63) is 0 Å². The Morgan fingerprint density at radius 2 is 1.64 bits per heavy atom. The van der Waals surface area contributed by atoms with E-state index in [4.69, 9.17) is 26.5 Å². The zero-order valence-electron chi connectivity index (χ0n) is 16.7. The van der Waals surface area contributed by atoms with Crippen molar-refractivity contribution in [2.24, 2.45) is 22.4 Å². The first-order valence-corrected chi connectivity index (χ1v) is 9.27. The molecule has 2 amide bonds. The molecule has 0 bridgehead atoms. The van der Waals surface area contributed by atoms with Gasteiger partial charge in [0.05, 0.1) is 12.1 Å². The van der Waals surface area contributed by atoms with Crippen LogP contribution in [0.5, 0.6) is 0 Å². The lowest BCUT2D eigenvalue weighted by atomic mass is 9.93. The van der Waals surface area contributed by atoms with E-state index >= 15 is 0 Å². The molecule has 0 aromatic heterocycles. The number of nitrogens with zero attached hydrogens (tertiary/aromatic N) is 2. The summed E-state index contributed by atoms with van der Waals surface area (Å²) < 4.78 is 0. The van der Waals surface area contributed by atoms with Crippen LogP contribution in [-0.4, -0.2) is 75.4 Å². The second-order valence-electron chi connectivity index (χ2n) is 6.70. The molecule has 1 aliphatic rings. The number of hydrogen-bond acceptors (Lipinski definition) is 5. The van der Waals surface area contributed by atoms with Gasteiger partial charge in [-0.25, -0.2) is 9.79 Å². The number of aliphatic hydroxyl groups is 1. The molecule has 1 fully saturated rings. The van der Waals surface area contributed by atoms with Crippen LogP contribution in [0.2, 0.25) is 0 Å². The van der Waals surface area contributed by atoms with Crippen molar-refractivity contribution in [2.45, 2.75) is 64.6 Å². The first-order chi connectivity index (χ1) is 13.0. The smallest absolute Gasteiger partial charge is 0.450 e. The maximum absolute atomic E-state index is 13.0. The number of carbonyl (C=O) groups excluding carboxylic acids is 2. The molecule has 4 atom stereocenters. The number of amides is 2. The third kappa shape index (κ3) is 9.40. The van der Waals surface area contributed by atoms with Gasteiger partial charge in [-0.15, -0.1) is 0 Å². The summed E-state index contributed by atoms with van der Waals surface area (Å²) in [6.45, 7) is 6.65. The van der Waals surface area contributed by atoms with E-state index in [9.17, 15) is 14.7 Å². The molecular weight excluding hydrogens is 370 g/mol. The van der Waals surface area contributed by atoms with E-state index < -0.39 is 18.3 Å². The Kier molecular flexibility index (Phi) is 11.6. The number of nitrogens with two attached hydrogens (primary N) is 2. The van der Waals surface area contributed by atoms with Crippen LogP contribution < -0.4 is 16.8 Å². The van der Waals surface area contributed by atoms with E-state index in [1.807, 2.05) is 13.8 Å². The third-order valence-electron chi connectivity index (χ3n) is 4.22. The largest absolute Gasteiger partial charge is 0.503 e. The van der Waals surface area contributed by atoms with E-state index in [2.05, 4.69) is 10.3 Å². The van der Waals surface area contributed by atoms with Crippen LogP contribution >= 0.6 is 0 Å². The number of carbonyl (C=O) groups is 3. The van der Waals surface area contributed by atoms with Crippen molar-refractivity contribution in [1.82, 2.24) is 10.2 Å². The highest BCUT2D eigenvalue weighted by Crippen LogP contribution is 2.32. The minimum Gasteiger partial charge on any atom is -0.450 e. The molecule has 162 valence electrons. The van der Waals surface area contributed by atoms with Gasteiger partial charge in [0.1, 0.15) is 6.04 Å². The fourth-order valence-corrected chi connectivity index (χ4v) is 3.36. The average molecular weight is 403 g/mol. The predicted molar refractivity (Wildman–Crippen MR) is 104 cm³/mol. The lowest BCUT2D eigenvalue weighted by Crippen LogP contribution is -2.53. The predicted octanol–water partition coefficient (Wildman–Crippen LogP) is -0.225. The first kappa shape index (κ1) is 25.4. The highest BCUT2D eigenvalue weighted by molar-refractivity contribution is 5.87. The normalized spacial score (nSPS) is 21.6. The molecule has 11 heteroatoms. The Labute approximate surface area is 164 Å². The molecule has 0 aromatic carbocycles. The van der Waals surface area contributed by atoms with E-state index in [0.29, 0.717) is 25.9 Å². The summed E-state index contributed by atoms with van der Waals surface area (Å²) in [6.07, 6.45) is 0.0160. The van der Waals surface area contributed by atoms with Crippen LogP contribution in [0.4, 0.5) is 4.79 Å². The molecule has 0 aromatic rings. The minimum absolute atomic E-state index is 0.0768. The Balaban J connectivity index is 0.00000165. The third-order valence-corrected chi connectivity index (χ3v) is 4.22. The number of aliphatic hydroxyl groups excluding tert-OH is 1. The summed E-state index contributed by atoms with van der Waals surface area (Å²) in [5.74, 6) is -0.822. The summed E-state index contributed by atoms with van der Waals surface area (Å²) >= 11 is 0. The van der Waals surface area contributed by atoms with Crippen molar-refractivity contribution < 1.29 is 29.7 Å². The van der Waals surface area contributed by atoms with Crippen molar-refractivity contribution in [3.63, 3.8) is 0 Å². The highest BCUT2D eigenvalue weighted by atomic mass is 16.6. The van der Waals surface area contributed by atoms with Gasteiger partial charge in [-0.1, -0.05) is 13.8 Å². The van der Waals surface area contributed by atoms with Gasteiger partial charge in [-0.05, 0) is 25.7 Å². The van der Waals surface area contributed by atoms with E-state index in [1.165, 1.54) is 6.92 Å².